The van der Waals surface area contributed by atoms with Gasteiger partial charge in [-0.3, -0.25) is 0 Å². The van der Waals surface area contributed by atoms with Crippen LogP contribution in [-0.2, 0) is 16.5 Å². The average Bonchev–Trinajstić information content (AvgIpc) is 2.94. The van der Waals surface area contributed by atoms with E-state index in [1.54, 1.807) is 11.3 Å². The third-order valence-electron chi connectivity index (χ3n) is 3.22. The van der Waals surface area contributed by atoms with Crippen LogP contribution in [0.3, 0.4) is 0 Å². The van der Waals surface area contributed by atoms with E-state index in [1.807, 2.05) is 25.7 Å². The highest BCUT2D eigenvalue weighted by Gasteiger charge is 2.20. The fourth-order valence-corrected chi connectivity index (χ4v) is 3.27. The summed E-state index contributed by atoms with van der Waals surface area (Å²) in [4.78, 5) is 6.78. The van der Waals surface area contributed by atoms with Crippen molar-refractivity contribution >= 4 is 26.8 Å². The monoisotopic (exact) mass is 282 g/mol. The fraction of sp³-hybridized carbons (Fsp3) is 0.667. The number of fused-ring (bicyclic) bond motifs is 1. The molecule has 2 aromatic heterocycles. The van der Waals surface area contributed by atoms with Crippen molar-refractivity contribution in [2.24, 2.45) is 7.05 Å². The normalized spacial score (nSPS) is 20.1. The maximum absolute atomic E-state index is 5.67. The molecule has 2 aromatic rings. The van der Waals surface area contributed by atoms with Gasteiger partial charge in [-0.15, -0.1) is 0 Å². The summed E-state index contributed by atoms with van der Waals surface area (Å²) in [5.74, 6) is 0. The Bertz CT molecular complexity index is 539. The first-order valence-corrected chi connectivity index (χ1v) is 7.17. The average molecular weight is 282 g/mol. The molecule has 0 amide bonds. The second kappa shape index (κ2) is 5.07. The van der Waals surface area contributed by atoms with Crippen molar-refractivity contribution in [1.29, 1.82) is 0 Å². The SMILES string of the molecule is Cc1nn(C)c2nc(N(C)C[C@H]3COCCO3)sc12. The zero-order valence-corrected chi connectivity index (χ0v) is 12.2. The highest BCUT2D eigenvalue weighted by Crippen LogP contribution is 2.30. The van der Waals surface area contributed by atoms with E-state index in [2.05, 4.69) is 15.0 Å². The van der Waals surface area contributed by atoms with Crippen LogP contribution >= 0.6 is 11.3 Å². The Morgan fingerprint density at radius 3 is 3.00 bits per heavy atom. The molecule has 1 saturated heterocycles. The van der Waals surface area contributed by atoms with Crippen LogP contribution < -0.4 is 4.90 Å². The zero-order valence-electron chi connectivity index (χ0n) is 11.4. The third kappa shape index (κ3) is 2.45. The number of nitrogens with zero attached hydrogens (tertiary/aromatic N) is 4. The van der Waals surface area contributed by atoms with Crippen LogP contribution in [0, 0.1) is 6.92 Å². The number of rotatable bonds is 3. The predicted octanol–water partition coefficient (Wildman–Crippen LogP) is 1.19. The molecule has 6 nitrogen and oxygen atoms in total. The lowest BCUT2D eigenvalue weighted by atomic mass is 10.3. The Balaban J connectivity index is 1.77. The zero-order chi connectivity index (χ0) is 13.4. The second-order valence-electron chi connectivity index (χ2n) is 4.81. The summed E-state index contributed by atoms with van der Waals surface area (Å²) >= 11 is 1.68. The quantitative estimate of drug-likeness (QED) is 0.846. The van der Waals surface area contributed by atoms with Crippen molar-refractivity contribution in [3.63, 3.8) is 0 Å². The number of hydrogen-bond acceptors (Lipinski definition) is 6. The lowest BCUT2D eigenvalue weighted by molar-refractivity contribution is -0.0837. The molecule has 1 aliphatic heterocycles. The van der Waals surface area contributed by atoms with Crippen LogP contribution in [0.1, 0.15) is 5.69 Å². The Morgan fingerprint density at radius 1 is 1.47 bits per heavy atom. The summed E-state index contributed by atoms with van der Waals surface area (Å²) in [6, 6.07) is 0. The van der Waals surface area contributed by atoms with Crippen molar-refractivity contribution < 1.29 is 9.47 Å². The molecule has 7 heteroatoms. The molecular weight excluding hydrogens is 264 g/mol. The van der Waals surface area contributed by atoms with Gasteiger partial charge in [0.1, 0.15) is 0 Å². The van der Waals surface area contributed by atoms with Crippen molar-refractivity contribution in [2.45, 2.75) is 13.0 Å². The molecule has 1 aliphatic rings. The summed E-state index contributed by atoms with van der Waals surface area (Å²) in [6.07, 6.45) is 0.130. The molecule has 19 heavy (non-hydrogen) atoms. The van der Waals surface area contributed by atoms with Gasteiger partial charge in [0, 0.05) is 20.6 Å². The molecule has 0 aliphatic carbocycles. The molecular formula is C12H18N4O2S. The Hall–Kier alpha value is -1.18. The number of hydrogen-bond donors (Lipinski definition) is 0. The molecule has 0 radical (unpaired) electrons. The number of anilines is 1. The van der Waals surface area contributed by atoms with Crippen molar-refractivity contribution in [3.05, 3.63) is 5.69 Å². The van der Waals surface area contributed by atoms with E-state index >= 15 is 0 Å². The maximum atomic E-state index is 5.67. The standard InChI is InChI=1S/C12H18N4O2S/c1-8-10-11(16(3)14-8)13-12(19-10)15(2)6-9-7-17-4-5-18-9/h9H,4-7H2,1-3H3/t9-/m0/s1. The van der Waals surface area contributed by atoms with Gasteiger partial charge in [0.05, 0.1) is 36.3 Å². The van der Waals surface area contributed by atoms with Gasteiger partial charge in [0.2, 0.25) is 0 Å². The number of thiazole rings is 1. The molecule has 0 unspecified atom stereocenters. The van der Waals surface area contributed by atoms with Crippen LogP contribution in [-0.4, -0.2) is 54.3 Å². The topological polar surface area (TPSA) is 52.4 Å². The summed E-state index contributed by atoms with van der Waals surface area (Å²) < 4.78 is 14.1. The molecule has 0 aromatic carbocycles. The van der Waals surface area contributed by atoms with E-state index in [1.165, 1.54) is 0 Å². The molecule has 104 valence electrons. The molecule has 0 bridgehead atoms. The molecule has 1 atom stereocenters. The van der Waals surface area contributed by atoms with E-state index in [-0.39, 0.29) is 6.10 Å². The summed E-state index contributed by atoms with van der Waals surface area (Å²) in [7, 11) is 3.97. The minimum absolute atomic E-state index is 0.130. The first-order chi connectivity index (χ1) is 9.15. The number of aromatic nitrogens is 3. The van der Waals surface area contributed by atoms with Crippen molar-refractivity contribution in [1.82, 2.24) is 14.8 Å². The second-order valence-corrected chi connectivity index (χ2v) is 5.78. The van der Waals surface area contributed by atoms with Gasteiger partial charge in [-0.05, 0) is 6.92 Å². The van der Waals surface area contributed by atoms with E-state index in [0.29, 0.717) is 19.8 Å². The van der Waals surface area contributed by atoms with E-state index in [9.17, 15) is 0 Å². The molecule has 3 heterocycles. The Kier molecular flexibility index (Phi) is 3.42. The Morgan fingerprint density at radius 2 is 2.32 bits per heavy atom. The summed E-state index contributed by atoms with van der Waals surface area (Å²) in [5.41, 5.74) is 1.98. The van der Waals surface area contributed by atoms with Gasteiger partial charge in [0.15, 0.2) is 10.8 Å². The minimum atomic E-state index is 0.130. The summed E-state index contributed by atoms with van der Waals surface area (Å²) in [6.45, 7) is 4.86. The smallest absolute Gasteiger partial charge is 0.187 e. The van der Waals surface area contributed by atoms with Crippen LogP contribution in [0.15, 0.2) is 0 Å². The van der Waals surface area contributed by atoms with Gasteiger partial charge in [0.25, 0.3) is 0 Å². The number of aryl methyl sites for hydroxylation is 2. The summed E-state index contributed by atoms with van der Waals surface area (Å²) in [5, 5.41) is 5.37. The minimum Gasteiger partial charge on any atom is -0.376 e. The number of likely N-dealkylation sites (N-methyl/N-ethyl adjacent to an activating group) is 1. The van der Waals surface area contributed by atoms with E-state index in [0.717, 1.165) is 27.7 Å². The van der Waals surface area contributed by atoms with Gasteiger partial charge >= 0.3 is 0 Å². The van der Waals surface area contributed by atoms with Crippen LogP contribution in [0.4, 0.5) is 5.13 Å². The molecule has 3 rings (SSSR count). The maximum Gasteiger partial charge on any atom is 0.187 e. The van der Waals surface area contributed by atoms with Crippen molar-refractivity contribution in [3.8, 4) is 0 Å². The van der Waals surface area contributed by atoms with E-state index in [4.69, 9.17) is 9.47 Å². The van der Waals surface area contributed by atoms with Crippen LogP contribution in [0.5, 0.6) is 0 Å². The predicted molar refractivity (Wildman–Crippen MR) is 75.0 cm³/mol. The fourth-order valence-electron chi connectivity index (χ4n) is 2.26. The van der Waals surface area contributed by atoms with E-state index < -0.39 is 0 Å². The van der Waals surface area contributed by atoms with Gasteiger partial charge in [-0.2, -0.15) is 5.10 Å². The van der Waals surface area contributed by atoms with Gasteiger partial charge < -0.3 is 14.4 Å². The lowest BCUT2D eigenvalue weighted by Crippen LogP contribution is -2.38. The highest BCUT2D eigenvalue weighted by molar-refractivity contribution is 7.22. The van der Waals surface area contributed by atoms with Crippen LogP contribution in [0.2, 0.25) is 0 Å². The van der Waals surface area contributed by atoms with Gasteiger partial charge in [-0.25, -0.2) is 9.67 Å². The first kappa shape index (κ1) is 12.8. The first-order valence-electron chi connectivity index (χ1n) is 6.36. The Labute approximate surface area is 115 Å². The molecule has 0 spiro atoms. The third-order valence-corrected chi connectivity index (χ3v) is 4.49. The molecule has 0 saturated carbocycles. The van der Waals surface area contributed by atoms with Crippen molar-refractivity contribution in [2.75, 3.05) is 38.3 Å². The van der Waals surface area contributed by atoms with Crippen LogP contribution in [0.25, 0.3) is 10.3 Å². The van der Waals surface area contributed by atoms with Gasteiger partial charge in [-0.1, -0.05) is 11.3 Å². The number of ether oxygens (including phenoxy) is 2. The largest absolute Gasteiger partial charge is 0.376 e. The lowest BCUT2D eigenvalue weighted by Gasteiger charge is -2.27. The molecule has 0 N–H and O–H groups in total. The molecule has 1 fully saturated rings. The highest BCUT2D eigenvalue weighted by atomic mass is 32.1.